The fourth-order valence-electron chi connectivity index (χ4n) is 4.23. The number of thiazole rings is 1. The molecule has 1 saturated carbocycles. The van der Waals surface area contributed by atoms with Gasteiger partial charge in [-0.25, -0.2) is 18.1 Å². The van der Waals surface area contributed by atoms with Gasteiger partial charge in [0.15, 0.2) is 0 Å². The van der Waals surface area contributed by atoms with Gasteiger partial charge in [-0.15, -0.1) is 17.9 Å². The Hall–Kier alpha value is -3.09. The average Bonchev–Trinajstić information content (AvgIpc) is 3.50. The Kier molecular flexibility index (Phi) is 7.96. The van der Waals surface area contributed by atoms with Crippen molar-refractivity contribution in [2.75, 3.05) is 35.2 Å². The Morgan fingerprint density at radius 3 is 2.59 bits per heavy atom. The Balaban J connectivity index is 1.30. The van der Waals surface area contributed by atoms with Crippen LogP contribution in [0, 0.1) is 0 Å². The number of nitrogens with zero attached hydrogens (tertiary/aromatic N) is 5. The lowest BCUT2D eigenvalue weighted by molar-refractivity contribution is 0.564. The molecule has 0 bridgehead atoms. The summed E-state index contributed by atoms with van der Waals surface area (Å²) in [6, 6.07) is 10.1. The number of hydrogen-bond acceptors (Lipinski definition) is 10. The summed E-state index contributed by atoms with van der Waals surface area (Å²) in [4.78, 5) is 20.7. The molecule has 0 unspecified atom stereocenters. The van der Waals surface area contributed by atoms with Crippen molar-refractivity contribution in [3.63, 3.8) is 0 Å². The van der Waals surface area contributed by atoms with E-state index in [2.05, 4.69) is 36.8 Å². The summed E-state index contributed by atoms with van der Waals surface area (Å²) >= 11 is 1.60. The minimum atomic E-state index is -3.24. The molecular weight excluding hydrogens is 508 g/mol. The predicted molar refractivity (Wildman–Crippen MR) is 148 cm³/mol. The predicted octanol–water partition coefficient (Wildman–Crippen LogP) is 3.65. The average molecular weight is 541 g/mol. The number of rotatable bonds is 13. The molecule has 2 fully saturated rings. The quantitative estimate of drug-likeness (QED) is 0.220. The monoisotopic (exact) mass is 540 g/mol. The Labute approximate surface area is 221 Å². The Morgan fingerprint density at radius 2 is 1.84 bits per heavy atom. The fraction of sp³-hybridized carbons (Fsp3) is 0.440. The van der Waals surface area contributed by atoms with Gasteiger partial charge in [-0.2, -0.15) is 15.0 Å². The summed E-state index contributed by atoms with van der Waals surface area (Å²) in [7, 11) is -3.24. The molecule has 0 spiro atoms. The van der Waals surface area contributed by atoms with Crippen LogP contribution >= 0.6 is 11.3 Å². The van der Waals surface area contributed by atoms with E-state index < -0.39 is 10.0 Å². The van der Waals surface area contributed by atoms with E-state index in [9.17, 15) is 8.42 Å². The summed E-state index contributed by atoms with van der Waals surface area (Å²) in [6.45, 7) is 6.02. The van der Waals surface area contributed by atoms with Crippen molar-refractivity contribution in [3.05, 3.63) is 54.1 Å². The Morgan fingerprint density at radius 1 is 1.05 bits per heavy atom. The fourth-order valence-corrected chi connectivity index (χ4v) is 6.47. The summed E-state index contributed by atoms with van der Waals surface area (Å²) in [5.74, 6) is 1.46. The molecule has 10 nitrogen and oxygen atoms in total. The largest absolute Gasteiger partial charge is 0.354 e. The maximum absolute atomic E-state index is 12.4. The lowest BCUT2D eigenvalue weighted by Crippen LogP contribution is -2.42. The standard InChI is InChI=1S/C25H32N8O2S2/c1-2-3-13-26-23-30-24(27-15-19-17-36-22(29-19)18-8-5-4-6-9-18)32-25(31-23)33-14-7-10-20(33)16-28-37(34,35)21-11-12-21/h2,4-6,8-9,17,20-21,28H,1,3,7,10-16H2,(H2,26,27,30,31,32)/t20-/m1/s1. The van der Waals surface area contributed by atoms with Gasteiger partial charge < -0.3 is 15.5 Å². The van der Waals surface area contributed by atoms with Crippen LogP contribution in [0.25, 0.3) is 10.6 Å². The third-order valence-corrected chi connectivity index (χ3v) is 9.23. The van der Waals surface area contributed by atoms with Crippen LogP contribution < -0.4 is 20.3 Å². The van der Waals surface area contributed by atoms with E-state index in [1.807, 2.05) is 41.8 Å². The van der Waals surface area contributed by atoms with E-state index in [1.54, 1.807) is 11.3 Å². The first-order valence-electron chi connectivity index (χ1n) is 12.6. The molecule has 5 rings (SSSR count). The van der Waals surface area contributed by atoms with Crippen molar-refractivity contribution in [2.45, 2.75) is 49.9 Å². The second kappa shape index (κ2) is 11.5. The van der Waals surface area contributed by atoms with Crippen LogP contribution in [-0.4, -0.2) is 59.3 Å². The highest BCUT2D eigenvalue weighted by molar-refractivity contribution is 7.90. The van der Waals surface area contributed by atoms with Gasteiger partial charge in [0.05, 0.1) is 17.5 Å². The number of hydrogen-bond donors (Lipinski definition) is 3. The van der Waals surface area contributed by atoms with Gasteiger partial charge in [-0.05, 0) is 32.1 Å². The van der Waals surface area contributed by atoms with E-state index in [-0.39, 0.29) is 11.3 Å². The van der Waals surface area contributed by atoms with Crippen molar-refractivity contribution < 1.29 is 8.42 Å². The first kappa shape index (κ1) is 25.6. The third kappa shape index (κ3) is 6.62. The molecular formula is C25H32N8O2S2. The van der Waals surface area contributed by atoms with Gasteiger partial charge in [0, 0.05) is 36.6 Å². The highest BCUT2D eigenvalue weighted by Crippen LogP contribution is 2.29. The minimum absolute atomic E-state index is 0.00299. The Bertz CT molecular complexity index is 1310. The van der Waals surface area contributed by atoms with Crippen molar-refractivity contribution in [1.82, 2.24) is 24.7 Å². The number of aromatic nitrogens is 4. The molecule has 3 heterocycles. The van der Waals surface area contributed by atoms with Crippen molar-refractivity contribution in [2.24, 2.45) is 0 Å². The van der Waals surface area contributed by atoms with Crippen molar-refractivity contribution >= 4 is 39.2 Å². The van der Waals surface area contributed by atoms with Crippen LogP contribution in [0.3, 0.4) is 0 Å². The van der Waals surface area contributed by atoms with Crippen LogP contribution in [0.1, 0.15) is 37.8 Å². The normalized spacial score (nSPS) is 17.6. The van der Waals surface area contributed by atoms with Crippen LogP contribution in [0.15, 0.2) is 48.4 Å². The zero-order valence-electron chi connectivity index (χ0n) is 20.6. The molecule has 1 aliphatic carbocycles. The molecule has 3 aromatic rings. The third-order valence-electron chi connectivity index (χ3n) is 6.37. The van der Waals surface area contributed by atoms with Crippen molar-refractivity contribution in [1.29, 1.82) is 0 Å². The minimum Gasteiger partial charge on any atom is -0.354 e. The lowest BCUT2D eigenvalue weighted by atomic mass is 10.2. The van der Waals surface area contributed by atoms with Gasteiger partial charge in [-0.1, -0.05) is 36.4 Å². The van der Waals surface area contributed by atoms with E-state index in [0.29, 0.717) is 37.5 Å². The summed E-state index contributed by atoms with van der Waals surface area (Å²) in [5, 5.41) is 9.31. The topological polar surface area (TPSA) is 125 Å². The van der Waals surface area contributed by atoms with Crippen molar-refractivity contribution in [3.8, 4) is 10.6 Å². The molecule has 2 aromatic heterocycles. The van der Waals surface area contributed by atoms with E-state index in [4.69, 9.17) is 9.97 Å². The molecule has 1 saturated heterocycles. The smallest absolute Gasteiger partial charge is 0.232 e. The summed E-state index contributed by atoms with van der Waals surface area (Å²) in [5.41, 5.74) is 1.99. The number of nitrogens with one attached hydrogen (secondary N) is 3. The molecule has 196 valence electrons. The van der Waals surface area contributed by atoms with Gasteiger partial charge in [0.25, 0.3) is 0 Å². The molecule has 37 heavy (non-hydrogen) atoms. The SMILES string of the molecule is C=CCCNc1nc(NCc2csc(-c3ccccc3)n2)nc(N2CCC[C@@H]2CNS(=O)(=O)C2CC2)n1. The molecule has 12 heteroatoms. The first-order valence-corrected chi connectivity index (χ1v) is 15.0. The van der Waals surface area contributed by atoms with Gasteiger partial charge in [0.1, 0.15) is 5.01 Å². The maximum Gasteiger partial charge on any atom is 0.232 e. The molecule has 1 aliphatic heterocycles. The van der Waals surface area contributed by atoms with E-state index in [1.165, 1.54) is 0 Å². The highest BCUT2D eigenvalue weighted by atomic mass is 32.2. The lowest BCUT2D eigenvalue weighted by Gasteiger charge is -2.25. The number of sulfonamides is 1. The number of benzene rings is 1. The first-order chi connectivity index (χ1) is 18.0. The second-order valence-corrected chi connectivity index (χ2v) is 12.1. The number of anilines is 3. The van der Waals surface area contributed by atoms with Crippen LogP contribution in [-0.2, 0) is 16.6 Å². The molecule has 0 radical (unpaired) electrons. The molecule has 2 aliphatic rings. The molecule has 3 N–H and O–H groups in total. The molecule has 0 amide bonds. The van der Waals surface area contributed by atoms with Gasteiger partial charge in [-0.3, -0.25) is 0 Å². The summed E-state index contributed by atoms with van der Waals surface area (Å²) in [6.07, 6.45) is 5.94. The zero-order chi connectivity index (χ0) is 25.7. The van der Waals surface area contributed by atoms with E-state index >= 15 is 0 Å². The van der Waals surface area contributed by atoms with Gasteiger partial charge in [0.2, 0.25) is 27.9 Å². The molecule has 1 atom stereocenters. The zero-order valence-corrected chi connectivity index (χ0v) is 22.3. The highest BCUT2D eigenvalue weighted by Gasteiger charge is 2.37. The van der Waals surface area contributed by atoms with Crippen LogP contribution in [0.2, 0.25) is 0 Å². The van der Waals surface area contributed by atoms with Crippen LogP contribution in [0.5, 0.6) is 0 Å². The molecule has 1 aromatic carbocycles. The van der Waals surface area contributed by atoms with Crippen LogP contribution in [0.4, 0.5) is 17.8 Å². The second-order valence-electron chi connectivity index (χ2n) is 9.23. The summed E-state index contributed by atoms with van der Waals surface area (Å²) < 4.78 is 27.5. The van der Waals surface area contributed by atoms with Gasteiger partial charge >= 0.3 is 0 Å². The maximum atomic E-state index is 12.4. The van der Waals surface area contributed by atoms with E-state index in [0.717, 1.165) is 54.9 Å².